The zero-order chi connectivity index (χ0) is 54.6. The van der Waals surface area contributed by atoms with Crippen molar-refractivity contribution in [2.24, 2.45) is 0 Å². The molecule has 75 heavy (non-hydrogen) atoms. The minimum absolute atomic E-state index is 0.00972. The van der Waals surface area contributed by atoms with Gasteiger partial charge in [0.15, 0.2) is 5.71 Å². The molecule has 3 aliphatic heterocycles. The van der Waals surface area contributed by atoms with Gasteiger partial charge in [-0.15, -0.1) is 0 Å². The van der Waals surface area contributed by atoms with Crippen molar-refractivity contribution in [3.8, 4) is 11.8 Å². The van der Waals surface area contributed by atoms with Gasteiger partial charge in [-0.05, 0) is 112 Å². The molecule has 18 nitrogen and oxygen atoms in total. The molecule has 0 saturated carbocycles. The maximum atomic E-state index is 13.7. The number of hydrogen-bond acceptors (Lipinski definition) is 12. The minimum atomic E-state index is -4.93. The number of fused-ring (bicyclic) bond motifs is 4. The van der Waals surface area contributed by atoms with E-state index in [2.05, 4.69) is 17.2 Å². The van der Waals surface area contributed by atoms with Crippen LogP contribution in [0.4, 0.5) is 17.1 Å². The van der Waals surface area contributed by atoms with E-state index in [1.807, 2.05) is 74.2 Å². The number of nitrogens with one attached hydrogen (secondary N) is 1. The second kappa shape index (κ2) is 22.7. The Bertz CT molecular complexity index is 3520. The van der Waals surface area contributed by atoms with Crippen molar-refractivity contribution in [1.29, 1.82) is 0 Å². The van der Waals surface area contributed by atoms with E-state index in [1.54, 1.807) is 33.8 Å². The number of carbonyl (C=O) groups is 2. The van der Waals surface area contributed by atoms with Gasteiger partial charge in [0.05, 0.1) is 38.9 Å². The van der Waals surface area contributed by atoms with Crippen LogP contribution in [0.2, 0.25) is 0 Å². The van der Waals surface area contributed by atoms with Crippen LogP contribution in [0.25, 0.3) is 0 Å². The molecule has 400 valence electrons. The van der Waals surface area contributed by atoms with Crippen LogP contribution in [0, 0.1) is 11.8 Å². The van der Waals surface area contributed by atoms with Gasteiger partial charge in [-0.2, -0.15) is 29.8 Å². The van der Waals surface area contributed by atoms with Gasteiger partial charge in [0.25, 0.3) is 30.4 Å². The number of anilines is 2. The molecule has 0 fully saturated rings. The van der Waals surface area contributed by atoms with E-state index in [4.69, 9.17) is 0 Å². The lowest BCUT2D eigenvalue weighted by molar-refractivity contribution is -0.437. The summed E-state index contributed by atoms with van der Waals surface area (Å²) in [4.78, 5) is 29.7. The molecule has 22 heteroatoms. The van der Waals surface area contributed by atoms with E-state index in [0.717, 1.165) is 16.7 Å². The standard InChI is InChI=1S/C53H60N4O14S4/c1-52(2)43-35-41(74(66,67)68)24-26-46(43)55(32-14-34-73(63,64)65)48(52)19-13-20-49-53(3,29-10-12-33-72(60,61)62)44-36-42(75(69,70)71)25-27-47(44)56(49)31-11-4-5-21-50(58)54-30-28-51(59)57-37-40-17-7-6-15-38(40)22-23-39-16-8-9-18-45(39)57/h6-9,13,15-20,24-27,35-36H,4-5,10-12,14,21,28-34,37H2,1-3H3,(H4-,54,58,60,61,62,63,64,65,66,67,68,69,70,71). The first kappa shape index (κ1) is 56.7. The van der Waals surface area contributed by atoms with E-state index < -0.39 is 67.7 Å². The Morgan fingerprint density at radius 3 is 2.09 bits per heavy atom. The third kappa shape index (κ3) is 13.7. The molecular formula is C53H60N4O14S4. The smallest absolute Gasteiger partial charge is 0.294 e. The van der Waals surface area contributed by atoms with Crippen LogP contribution in [0.1, 0.15) is 106 Å². The van der Waals surface area contributed by atoms with Crippen LogP contribution in [-0.4, -0.2) is 105 Å². The summed E-state index contributed by atoms with van der Waals surface area (Å²) < 4.78 is 139. The summed E-state index contributed by atoms with van der Waals surface area (Å²) in [5, 5.41) is 2.87. The number of benzene rings is 4. The SMILES string of the molecule is CC1(C)C(C=CC=C2N(CCCCCC(=O)NCCC(=O)N3Cc4ccccc4C#Cc4ccccc43)c3ccc(S(=O)(=O)[O-])cc3C2(C)CCCCS(=O)(=O)O)=[N+](CCCS(=O)(=O)O)c2ccc(S(=O)(=O)O)cc21. The molecule has 4 N–H and O–H groups in total. The van der Waals surface area contributed by atoms with Crippen molar-refractivity contribution in [3.05, 3.63) is 137 Å². The van der Waals surface area contributed by atoms with Crippen molar-refractivity contribution in [3.63, 3.8) is 0 Å². The van der Waals surface area contributed by atoms with Crippen LogP contribution in [0.3, 0.4) is 0 Å². The Balaban J connectivity index is 1.11. The monoisotopic (exact) mass is 1100 g/mol. The fourth-order valence-electron chi connectivity index (χ4n) is 10.1. The zero-order valence-electron chi connectivity index (χ0n) is 41.7. The highest BCUT2D eigenvalue weighted by Crippen LogP contribution is 2.52. The second-order valence-corrected chi connectivity index (χ2v) is 25.5. The van der Waals surface area contributed by atoms with E-state index in [-0.39, 0.29) is 68.3 Å². The first-order chi connectivity index (χ1) is 35.2. The zero-order valence-corrected chi connectivity index (χ0v) is 45.0. The van der Waals surface area contributed by atoms with E-state index in [9.17, 15) is 61.5 Å². The Hall–Kier alpha value is -6.03. The predicted octanol–water partition coefficient (Wildman–Crippen LogP) is 6.78. The maximum Gasteiger partial charge on any atom is 0.294 e. The number of para-hydroxylation sites is 1. The summed E-state index contributed by atoms with van der Waals surface area (Å²) in [6.45, 7) is 6.37. The van der Waals surface area contributed by atoms with E-state index >= 15 is 0 Å². The van der Waals surface area contributed by atoms with E-state index in [1.165, 1.54) is 30.3 Å². The fourth-order valence-corrected chi connectivity index (χ4v) is 12.2. The van der Waals surface area contributed by atoms with Gasteiger partial charge in [-0.3, -0.25) is 23.2 Å². The molecule has 4 aromatic carbocycles. The number of hydrogen-bond donors (Lipinski definition) is 4. The summed E-state index contributed by atoms with van der Waals surface area (Å²) in [6.07, 6.45) is 7.65. The first-order valence-electron chi connectivity index (χ1n) is 24.4. The molecule has 3 aliphatic rings. The van der Waals surface area contributed by atoms with Crippen molar-refractivity contribution in [1.82, 2.24) is 5.32 Å². The summed E-state index contributed by atoms with van der Waals surface area (Å²) >= 11 is 0. The van der Waals surface area contributed by atoms with Gasteiger partial charge in [0.1, 0.15) is 16.7 Å². The lowest BCUT2D eigenvalue weighted by Crippen LogP contribution is -2.35. The van der Waals surface area contributed by atoms with Crippen molar-refractivity contribution in [2.75, 3.05) is 40.9 Å². The van der Waals surface area contributed by atoms with Crippen LogP contribution in [-0.2, 0) is 67.4 Å². The molecule has 3 heterocycles. The number of unbranched alkanes of at least 4 members (excludes halogenated alkanes) is 3. The number of nitrogens with zero attached hydrogens (tertiary/aromatic N) is 3. The van der Waals surface area contributed by atoms with Gasteiger partial charge in [-0.1, -0.05) is 61.1 Å². The third-order valence-corrected chi connectivity index (χ3v) is 17.2. The Labute approximate surface area is 439 Å². The van der Waals surface area contributed by atoms with Crippen molar-refractivity contribution >= 4 is 75.1 Å². The summed E-state index contributed by atoms with van der Waals surface area (Å²) in [5.41, 5.74) is 4.56. The Kier molecular flexibility index (Phi) is 17.1. The van der Waals surface area contributed by atoms with Crippen LogP contribution < -0.4 is 15.1 Å². The molecule has 2 amide bonds. The van der Waals surface area contributed by atoms with Crippen LogP contribution in [0.15, 0.2) is 119 Å². The number of rotatable bonds is 22. The number of amides is 2. The van der Waals surface area contributed by atoms with Gasteiger partial charge in [-0.25, -0.2) is 8.42 Å². The normalized spacial score (nSPS) is 17.7. The molecule has 1 unspecified atom stereocenters. The lowest BCUT2D eigenvalue weighted by atomic mass is 9.77. The van der Waals surface area contributed by atoms with Crippen LogP contribution >= 0.6 is 0 Å². The summed E-state index contributed by atoms with van der Waals surface area (Å²) in [5.74, 6) is 4.91. The van der Waals surface area contributed by atoms with Gasteiger partial charge in [0, 0.05) is 78.0 Å². The summed E-state index contributed by atoms with van der Waals surface area (Å²) in [6, 6.07) is 23.3. The molecule has 4 aromatic rings. The highest BCUT2D eigenvalue weighted by molar-refractivity contribution is 7.86. The molecule has 0 aromatic heterocycles. The largest absolute Gasteiger partial charge is 0.744 e. The first-order valence-corrected chi connectivity index (χ1v) is 30.4. The maximum absolute atomic E-state index is 13.7. The van der Waals surface area contributed by atoms with Gasteiger partial charge >= 0.3 is 0 Å². The molecular weight excluding hydrogens is 1040 g/mol. The molecule has 0 spiro atoms. The minimum Gasteiger partial charge on any atom is -0.744 e. The Morgan fingerprint density at radius 1 is 0.733 bits per heavy atom. The Morgan fingerprint density at radius 2 is 1.39 bits per heavy atom. The molecule has 1 atom stereocenters. The summed E-state index contributed by atoms with van der Waals surface area (Å²) in [7, 11) is -18.2. The fraction of sp³-hybridized carbons (Fsp3) is 0.377. The predicted molar refractivity (Wildman–Crippen MR) is 283 cm³/mol. The highest BCUT2D eigenvalue weighted by atomic mass is 32.2. The van der Waals surface area contributed by atoms with Crippen molar-refractivity contribution < 1.29 is 66.0 Å². The van der Waals surface area contributed by atoms with E-state index in [0.29, 0.717) is 71.9 Å². The topological polar surface area (TPSA) is 276 Å². The molecule has 0 radical (unpaired) electrons. The molecule has 0 saturated heterocycles. The van der Waals surface area contributed by atoms with Gasteiger partial charge in [0.2, 0.25) is 17.5 Å². The number of carbonyl (C=O) groups excluding carboxylic acids is 2. The van der Waals surface area contributed by atoms with Crippen molar-refractivity contribution in [2.45, 2.75) is 106 Å². The highest BCUT2D eigenvalue weighted by Gasteiger charge is 2.46. The molecule has 0 bridgehead atoms. The average Bonchev–Trinajstić information content (AvgIpc) is 3.68. The second-order valence-electron chi connectivity index (χ2n) is 19.5. The third-order valence-electron chi connectivity index (χ3n) is 13.9. The quantitative estimate of drug-likeness (QED) is 0.0273. The lowest BCUT2D eigenvalue weighted by Gasteiger charge is -2.30. The number of allylic oxidation sites excluding steroid dienone is 4. The molecule has 7 rings (SSSR count). The molecule has 0 aliphatic carbocycles. The average molecular weight is 1110 g/mol. The van der Waals surface area contributed by atoms with Crippen LogP contribution in [0.5, 0.6) is 0 Å². The van der Waals surface area contributed by atoms with Gasteiger partial charge < -0.3 is 19.7 Å².